The van der Waals surface area contributed by atoms with E-state index in [2.05, 4.69) is 59.2 Å². The van der Waals surface area contributed by atoms with E-state index < -0.39 is 0 Å². The molecule has 0 unspecified atom stereocenters. The lowest BCUT2D eigenvalue weighted by molar-refractivity contribution is 0.151. The molecule has 2 aromatic rings. The topological polar surface area (TPSA) is 50.4 Å². The molecule has 2 heterocycles. The van der Waals surface area contributed by atoms with E-state index in [4.69, 9.17) is 4.74 Å². The number of cyclic esters (lactones) is 1. The molecule has 2 saturated heterocycles. The average molecular weight is 322 g/mol. The van der Waals surface area contributed by atoms with Gasteiger partial charge in [-0.15, -0.1) is 0 Å². The fraction of sp³-hybridized carbons (Fsp3) is 0.350. The maximum atomic E-state index is 11.6. The second-order valence-corrected chi connectivity index (χ2v) is 6.74. The summed E-state index contributed by atoms with van der Waals surface area (Å²) < 4.78 is 5.22. The number of alkyl carbamates (subject to hydrolysis) is 1. The van der Waals surface area contributed by atoms with Crippen LogP contribution in [0.3, 0.4) is 0 Å². The SMILES string of the molecule is O=C1N[C@]2(CCCN[C@H]2Cc2cccc(-c3ccccc3)c2)CO1. The molecule has 2 fully saturated rings. The predicted molar refractivity (Wildman–Crippen MR) is 93.8 cm³/mol. The zero-order valence-electron chi connectivity index (χ0n) is 13.6. The van der Waals surface area contributed by atoms with Crippen molar-refractivity contribution in [3.05, 3.63) is 60.2 Å². The summed E-state index contributed by atoms with van der Waals surface area (Å²) in [5, 5.41) is 6.65. The molecule has 0 aromatic heterocycles. The molecule has 1 amide bonds. The number of ether oxygens (including phenoxy) is 1. The first-order valence-electron chi connectivity index (χ1n) is 8.58. The van der Waals surface area contributed by atoms with Crippen molar-refractivity contribution in [2.45, 2.75) is 30.8 Å². The molecule has 0 aliphatic carbocycles. The predicted octanol–water partition coefficient (Wildman–Crippen LogP) is 3.13. The Hall–Kier alpha value is -2.33. The van der Waals surface area contributed by atoms with Crippen LogP contribution in [0.15, 0.2) is 54.6 Å². The van der Waals surface area contributed by atoms with Crippen LogP contribution < -0.4 is 10.6 Å². The Morgan fingerprint density at radius 2 is 1.92 bits per heavy atom. The Balaban J connectivity index is 1.57. The molecular weight excluding hydrogens is 300 g/mol. The highest BCUT2D eigenvalue weighted by atomic mass is 16.6. The lowest BCUT2D eigenvalue weighted by atomic mass is 9.80. The molecule has 2 aliphatic heterocycles. The Kier molecular flexibility index (Phi) is 3.98. The van der Waals surface area contributed by atoms with Gasteiger partial charge in [0, 0.05) is 6.04 Å². The maximum Gasteiger partial charge on any atom is 0.407 e. The van der Waals surface area contributed by atoms with Gasteiger partial charge in [0.25, 0.3) is 0 Å². The standard InChI is InChI=1S/C20H22N2O2/c23-19-22-20(14-24-19)10-5-11-21-18(20)13-15-6-4-9-17(12-15)16-7-2-1-3-8-16/h1-4,6-9,12,18,21H,5,10-11,13-14H2,(H,22,23)/t18-,20+/m0/s1. The van der Waals surface area contributed by atoms with Crippen LogP contribution in [-0.2, 0) is 11.2 Å². The van der Waals surface area contributed by atoms with Gasteiger partial charge in [-0.25, -0.2) is 4.79 Å². The van der Waals surface area contributed by atoms with Crippen molar-refractivity contribution in [1.29, 1.82) is 0 Å². The Labute approximate surface area is 142 Å². The van der Waals surface area contributed by atoms with Crippen LogP contribution in [0.25, 0.3) is 11.1 Å². The lowest BCUT2D eigenvalue weighted by Crippen LogP contribution is -2.63. The van der Waals surface area contributed by atoms with Crippen molar-refractivity contribution < 1.29 is 9.53 Å². The summed E-state index contributed by atoms with van der Waals surface area (Å²) in [7, 11) is 0. The molecule has 4 rings (SSSR count). The molecule has 124 valence electrons. The second kappa shape index (κ2) is 6.29. The number of nitrogens with one attached hydrogen (secondary N) is 2. The van der Waals surface area contributed by atoms with Crippen LogP contribution >= 0.6 is 0 Å². The highest BCUT2D eigenvalue weighted by molar-refractivity contribution is 5.71. The quantitative estimate of drug-likeness (QED) is 0.913. The number of hydrogen-bond donors (Lipinski definition) is 2. The van der Waals surface area contributed by atoms with Gasteiger partial charge in [-0.1, -0.05) is 54.6 Å². The number of rotatable bonds is 3. The molecule has 0 bridgehead atoms. The summed E-state index contributed by atoms with van der Waals surface area (Å²) in [4.78, 5) is 11.6. The number of benzene rings is 2. The molecule has 0 radical (unpaired) electrons. The van der Waals surface area contributed by atoms with Crippen LogP contribution in [0.4, 0.5) is 4.79 Å². The molecule has 4 heteroatoms. The van der Waals surface area contributed by atoms with Gasteiger partial charge in [-0.3, -0.25) is 0 Å². The molecular formula is C20H22N2O2. The van der Waals surface area contributed by atoms with Crippen molar-refractivity contribution >= 4 is 6.09 Å². The summed E-state index contributed by atoms with van der Waals surface area (Å²) in [6.45, 7) is 1.45. The Bertz CT molecular complexity index is 731. The van der Waals surface area contributed by atoms with Crippen LogP contribution in [-0.4, -0.2) is 30.8 Å². The third-order valence-electron chi connectivity index (χ3n) is 5.14. The van der Waals surface area contributed by atoms with Gasteiger partial charge in [0.05, 0.1) is 5.54 Å². The zero-order chi connectivity index (χ0) is 16.4. The van der Waals surface area contributed by atoms with E-state index in [0.717, 1.165) is 25.8 Å². The smallest absolute Gasteiger partial charge is 0.407 e. The molecule has 2 atom stereocenters. The van der Waals surface area contributed by atoms with Gasteiger partial charge in [-0.2, -0.15) is 0 Å². The fourth-order valence-corrected chi connectivity index (χ4v) is 3.85. The molecule has 2 N–H and O–H groups in total. The monoisotopic (exact) mass is 322 g/mol. The summed E-state index contributed by atoms with van der Waals surface area (Å²) in [6.07, 6.45) is 2.62. The second-order valence-electron chi connectivity index (χ2n) is 6.74. The fourth-order valence-electron chi connectivity index (χ4n) is 3.85. The minimum atomic E-state index is -0.290. The van der Waals surface area contributed by atoms with E-state index in [-0.39, 0.29) is 17.7 Å². The van der Waals surface area contributed by atoms with Gasteiger partial charge in [0.15, 0.2) is 0 Å². The maximum absolute atomic E-state index is 11.6. The average Bonchev–Trinajstić information content (AvgIpc) is 3.00. The first-order valence-corrected chi connectivity index (χ1v) is 8.58. The lowest BCUT2D eigenvalue weighted by Gasteiger charge is -2.40. The molecule has 4 nitrogen and oxygen atoms in total. The van der Waals surface area contributed by atoms with Gasteiger partial charge in [-0.05, 0) is 42.5 Å². The summed E-state index contributed by atoms with van der Waals surface area (Å²) >= 11 is 0. The third kappa shape index (κ3) is 2.89. The minimum absolute atomic E-state index is 0.198. The van der Waals surface area contributed by atoms with E-state index in [1.807, 2.05) is 6.07 Å². The van der Waals surface area contributed by atoms with E-state index >= 15 is 0 Å². The first kappa shape index (κ1) is 15.2. The molecule has 2 aliphatic rings. The highest BCUT2D eigenvalue weighted by Gasteiger charge is 2.47. The number of carbonyl (C=O) groups excluding carboxylic acids is 1. The van der Waals surface area contributed by atoms with Gasteiger partial charge in [0.1, 0.15) is 6.61 Å². The van der Waals surface area contributed by atoms with Gasteiger partial charge in [0.2, 0.25) is 0 Å². The van der Waals surface area contributed by atoms with Crippen molar-refractivity contribution in [1.82, 2.24) is 10.6 Å². The Morgan fingerprint density at radius 1 is 1.08 bits per heavy atom. The molecule has 0 saturated carbocycles. The third-order valence-corrected chi connectivity index (χ3v) is 5.14. The number of piperidine rings is 1. The van der Waals surface area contributed by atoms with Crippen molar-refractivity contribution in [2.24, 2.45) is 0 Å². The van der Waals surface area contributed by atoms with E-state index in [1.54, 1.807) is 0 Å². The van der Waals surface area contributed by atoms with Crippen LogP contribution in [0.1, 0.15) is 18.4 Å². The van der Waals surface area contributed by atoms with Crippen molar-refractivity contribution in [3.63, 3.8) is 0 Å². The number of carbonyl (C=O) groups is 1. The largest absolute Gasteiger partial charge is 0.447 e. The van der Waals surface area contributed by atoms with Crippen LogP contribution in [0.2, 0.25) is 0 Å². The van der Waals surface area contributed by atoms with E-state index in [9.17, 15) is 4.79 Å². The number of amides is 1. The van der Waals surface area contributed by atoms with Crippen molar-refractivity contribution in [3.8, 4) is 11.1 Å². The van der Waals surface area contributed by atoms with Crippen LogP contribution in [0, 0.1) is 0 Å². The molecule has 24 heavy (non-hydrogen) atoms. The number of hydrogen-bond acceptors (Lipinski definition) is 3. The normalized spacial score (nSPS) is 26.2. The van der Waals surface area contributed by atoms with E-state index in [0.29, 0.717) is 6.61 Å². The summed E-state index contributed by atoms with van der Waals surface area (Å²) in [5.41, 5.74) is 3.46. The highest BCUT2D eigenvalue weighted by Crippen LogP contribution is 2.29. The summed E-state index contributed by atoms with van der Waals surface area (Å²) in [5.74, 6) is 0. The molecule has 1 spiro atoms. The Morgan fingerprint density at radius 3 is 2.71 bits per heavy atom. The van der Waals surface area contributed by atoms with Crippen LogP contribution in [0.5, 0.6) is 0 Å². The molecule has 2 aromatic carbocycles. The first-order chi connectivity index (χ1) is 11.8. The van der Waals surface area contributed by atoms with Crippen molar-refractivity contribution in [2.75, 3.05) is 13.2 Å². The van der Waals surface area contributed by atoms with Gasteiger partial charge >= 0.3 is 6.09 Å². The van der Waals surface area contributed by atoms with Gasteiger partial charge < -0.3 is 15.4 Å². The summed E-state index contributed by atoms with van der Waals surface area (Å²) in [6, 6.07) is 19.3. The minimum Gasteiger partial charge on any atom is -0.447 e. The van der Waals surface area contributed by atoms with E-state index in [1.165, 1.54) is 16.7 Å². The zero-order valence-corrected chi connectivity index (χ0v) is 13.6.